The van der Waals surface area contributed by atoms with Gasteiger partial charge in [-0.3, -0.25) is 14.6 Å². The molecule has 0 unspecified atom stereocenters. The van der Waals surface area contributed by atoms with Crippen molar-refractivity contribution in [3.8, 4) is 0 Å². The molecule has 4 rings (SSSR count). The largest absolute Gasteiger partial charge is 0.347 e. The molecule has 3 aromatic rings. The van der Waals surface area contributed by atoms with Crippen molar-refractivity contribution in [2.24, 2.45) is 5.92 Å². The SMILES string of the molecule is CCCn1c(C(=O)NCc2ccncc2)cc2cc(NC(=O)C3CCC3)ccc21. The van der Waals surface area contributed by atoms with E-state index in [0.29, 0.717) is 12.2 Å². The standard InChI is InChI=1S/C23H26N4O2/c1-2-12-27-20-7-6-19(26-22(28)17-4-3-5-17)13-18(20)14-21(27)23(29)25-15-16-8-10-24-11-9-16/h6-11,13-14,17H,2-5,12,15H2,1H3,(H,25,29)(H,26,28). The third kappa shape index (κ3) is 4.16. The van der Waals surface area contributed by atoms with Gasteiger partial charge in [-0.1, -0.05) is 13.3 Å². The Balaban J connectivity index is 1.56. The van der Waals surface area contributed by atoms with Crippen molar-refractivity contribution in [3.63, 3.8) is 0 Å². The van der Waals surface area contributed by atoms with Crippen LogP contribution in [0.3, 0.4) is 0 Å². The summed E-state index contributed by atoms with van der Waals surface area (Å²) < 4.78 is 2.05. The first-order valence-electron chi connectivity index (χ1n) is 10.3. The molecule has 2 heterocycles. The molecular weight excluding hydrogens is 364 g/mol. The Bertz CT molecular complexity index is 1020. The molecule has 0 aliphatic heterocycles. The Kier molecular flexibility index (Phi) is 5.60. The van der Waals surface area contributed by atoms with Gasteiger partial charge in [0.25, 0.3) is 5.91 Å². The predicted octanol–water partition coefficient (Wildman–Crippen LogP) is 4.11. The molecule has 1 fully saturated rings. The third-order valence-corrected chi connectivity index (χ3v) is 5.53. The first-order chi connectivity index (χ1) is 14.2. The lowest BCUT2D eigenvalue weighted by atomic mass is 9.85. The molecule has 0 saturated heterocycles. The van der Waals surface area contributed by atoms with Gasteiger partial charge in [0.15, 0.2) is 0 Å². The van der Waals surface area contributed by atoms with E-state index in [9.17, 15) is 9.59 Å². The third-order valence-electron chi connectivity index (χ3n) is 5.53. The minimum Gasteiger partial charge on any atom is -0.347 e. The number of hydrogen-bond acceptors (Lipinski definition) is 3. The molecule has 0 spiro atoms. The van der Waals surface area contributed by atoms with E-state index in [-0.39, 0.29) is 17.7 Å². The number of hydrogen-bond donors (Lipinski definition) is 2. The molecule has 0 atom stereocenters. The summed E-state index contributed by atoms with van der Waals surface area (Å²) in [4.78, 5) is 29.1. The molecule has 1 aliphatic rings. The lowest BCUT2D eigenvalue weighted by Crippen LogP contribution is -2.27. The van der Waals surface area contributed by atoms with Crippen molar-refractivity contribution in [2.75, 3.05) is 5.32 Å². The number of benzene rings is 1. The van der Waals surface area contributed by atoms with Crippen LogP contribution in [0.5, 0.6) is 0 Å². The Hall–Kier alpha value is -3.15. The second kappa shape index (κ2) is 8.47. The summed E-state index contributed by atoms with van der Waals surface area (Å²) >= 11 is 0. The van der Waals surface area contributed by atoms with E-state index in [1.165, 1.54) is 0 Å². The minimum atomic E-state index is -0.105. The Morgan fingerprint density at radius 2 is 1.93 bits per heavy atom. The number of rotatable bonds is 7. The number of aryl methyl sites for hydroxylation is 1. The van der Waals surface area contributed by atoms with Gasteiger partial charge < -0.3 is 15.2 Å². The van der Waals surface area contributed by atoms with Crippen LogP contribution in [-0.4, -0.2) is 21.4 Å². The molecule has 29 heavy (non-hydrogen) atoms. The Labute approximate surface area is 170 Å². The number of carbonyl (C=O) groups excluding carboxylic acids is 2. The van der Waals surface area contributed by atoms with Crippen LogP contribution in [0.2, 0.25) is 0 Å². The summed E-state index contributed by atoms with van der Waals surface area (Å²) in [6.45, 7) is 3.31. The molecule has 6 heteroatoms. The van der Waals surface area contributed by atoms with Crippen LogP contribution in [0, 0.1) is 5.92 Å². The van der Waals surface area contributed by atoms with E-state index < -0.39 is 0 Å². The van der Waals surface area contributed by atoms with Crippen LogP contribution in [-0.2, 0) is 17.9 Å². The lowest BCUT2D eigenvalue weighted by molar-refractivity contribution is -0.122. The average Bonchev–Trinajstić information content (AvgIpc) is 3.04. The van der Waals surface area contributed by atoms with Crippen LogP contribution >= 0.6 is 0 Å². The quantitative estimate of drug-likeness (QED) is 0.637. The topological polar surface area (TPSA) is 76.0 Å². The number of fused-ring (bicyclic) bond motifs is 1. The summed E-state index contributed by atoms with van der Waals surface area (Å²) in [6.07, 6.45) is 7.44. The lowest BCUT2D eigenvalue weighted by Gasteiger charge is -2.24. The monoisotopic (exact) mass is 390 g/mol. The van der Waals surface area contributed by atoms with E-state index in [0.717, 1.165) is 54.4 Å². The fourth-order valence-electron chi connectivity index (χ4n) is 3.69. The average molecular weight is 390 g/mol. The molecule has 2 N–H and O–H groups in total. The van der Waals surface area contributed by atoms with Gasteiger partial charge in [0.1, 0.15) is 5.69 Å². The first kappa shape index (κ1) is 19.2. The van der Waals surface area contributed by atoms with Gasteiger partial charge in [0.05, 0.1) is 0 Å². The molecule has 150 valence electrons. The molecule has 1 aliphatic carbocycles. The number of anilines is 1. The van der Waals surface area contributed by atoms with Gasteiger partial charge in [-0.2, -0.15) is 0 Å². The number of pyridine rings is 1. The second-order valence-electron chi connectivity index (χ2n) is 7.61. The molecular formula is C23H26N4O2. The Morgan fingerprint density at radius 1 is 1.14 bits per heavy atom. The number of amides is 2. The molecule has 1 saturated carbocycles. The van der Waals surface area contributed by atoms with Crippen LogP contribution in [0.1, 0.15) is 48.7 Å². The predicted molar refractivity (Wildman–Crippen MR) is 114 cm³/mol. The maximum Gasteiger partial charge on any atom is 0.268 e. The zero-order valence-corrected chi connectivity index (χ0v) is 16.6. The zero-order chi connectivity index (χ0) is 20.2. The van der Waals surface area contributed by atoms with E-state index in [1.807, 2.05) is 36.4 Å². The van der Waals surface area contributed by atoms with E-state index >= 15 is 0 Å². The number of aromatic nitrogens is 2. The van der Waals surface area contributed by atoms with Gasteiger partial charge in [-0.25, -0.2) is 0 Å². The summed E-state index contributed by atoms with van der Waals surface area (Å²) in [5.41, 5.74) is 3.43. The highest BCUT2D eigenvalue weighted by Gasteiger charge is 2.25. The summed E-state index contributed by atoms with van der Waals surface area (Å²) in [6, 6.07) is 11.5. The minimum absolute atomic E-state index is 0.0962. The number of carbonyl (C=O) groups is 2. The highest BCUT2D eigenvalue weighted by atomic mass is 16.2. The van der Waals surface area contributed by atoms with E-state index in [1.54, 1.807) is 12.4 Å². The maximum absolute atomic E-state index is 12.9. The van der Waals surface area contributed by atoms with Crippen molar-refractivity contribution in [1.29, 1.82) is 0 Å². The maximum atomic E-state index is 12.9. The van der Waals surface area contributed by atoms with Gasteiger partial charge >= 0.3 is 0 Å². The van der Waals surface area contributed by atoms with E-state index in [2.05, 4.69) is 27.1 Å². The first-order valence-corrected chi connectivity index (χ1v) is 10.3. The van der Waals surface area contributed by atoms with Gasteiger partial charge in [-0.15, -0.1) is 0 Å². The van der Waals surface area contributed by atoms with Crippen LogP contribution in [0.4, 0.5) is 5.69 Å². The normalized spacial score (nSPS) is 13.8. The van der Waals surface area contributed by atoms with Crippen molar-refractivity contribution in [3.05, 3.63) is 60.0 Å². The van der Waals surface area contributed by atoms with Crippen molar-refractivity contribution in [2.45, 2.75) is 45.7 Å². The van der Waals surface area contributed by atoms with Crippen molar-refractivity contribution >= 4 is 28.4 Å². The summed E-state index contributed by atoms with van der Waals surface area (Å²) in [5.74, 6) is 0.135. The molecule has 0 bridgehead atoms. The fraction of sp³-hybridized carbons (Fsp3) is 0.348. The van der Waals surface area contributed by atoms with Gasteiger partial charge in [-0.05, 0) is 61.2 Å². The summed E-state index contributed by atoms with van der Waals surface area (Å²) in [7, 11) is 0. The second-order valence-corrected chi connectivity index (χ2v) is 7.61. The smallest absolute Gasteiger partial charge is 0.268 e. The molecule has 2 aromatic heterocycles. The Morgan fingerprint density at radius 3 is 2.62 bits per heavy atom. The molecule has 1 aromatic carbocycles. The zero-order valence-electron chi connectivity index (χ0n) is 16.6. The highest BCUT2D eigenvalue weighted by molar-refractivity contribution is 6.01. The van der Waals surface area contributed by atoms with Crippen LogP contribution in [0.25, 0.3) is 10.9 Å². The van der Waals surface area contributed by atoms with Crippen molar-refractivity contribution < 1.29 is 9.59 Å². The van der Waals surface area contributed by atoms with Gasteiger partial charge in [0.2, 0.25) is 5.91 Å². The molecule has 2 amide bonds. The van der Waals surface area contributed by atoms with Crippen LogP contribution < -0.4 is 10.6 Å². The molecule has 6 nitrogen and oxygen atoms in total. The summed E-state index contributed by atoms with van der Waals surface area (Å²) in [5, 5.41) is 6.97. The van der Waals surface area contributed by atoms with Gasteiger partial charge in [0, 0.05) is 48.0 Å². The van der Waals surface area contributed by atoms with E-state index in [4.69, 9.17) is 0 Å². The number of nitrogens with zero attached hydrogens (tertiary/aromatic N) is 2. The highest BCUT2D eigenvalue weighted by Crippen LogP contribution is 2.29. The number of nitrogens with one attached hydrogen (secondary N) is 2. The molecule has 0 radical (unpaired) electrons. The van der Waals surface area contributed by atoms with Crippen molar-refractivity contribution in [1.82, 2.24) is 14.9 Å². The van der Waals surface area contributed by atoms with Crippen LogP contribution in [0.15, 0.2) is 48.8 Å². The fourth-order valence-corrected chi connectivity index (χ4v) is 3.69.